The van der Waals surface area contributed by atoms with E-state index in [0.29, 0.717) is 12.6 Å². The van der Waals surface area contributed by atoms with E-state index in [0.717, 1.165) is 24.4 Å². The van der Waals surface area contributed by atoms with Gasteiger partial charge in [-0.05, 0) is 25.8 Å². The number of nitrogens with one attached hydrogen (secondary N) is 2. The first kappa shape index (κ1) is 12.8. The quantitative estimate of drug-likeness (QED) is 0.858. The van der Waals surface area contributed by atoms with Crippen LogP contribution in [-0.4, -0.2) is 22.0 Å². The van der Waals surface area contributed by atoms with E-state index in [-0.39, 0.29) is 6.03 Å². The van der Waals surface area contributed by atoms with Gasteiger partial charge in [-0.3, -0.25) is 0 Å². The van der Waals surface area contributed by atoms with Crippen molar-refractivity contribution in [2.75, 3.05) is 0 Å². The number of carbonyl (C=O) groups is 1. The first-order chi connectivity index (χ1) is 8.74. The molecule has 18 heavy (non-hydrogen) atoms. The number of hydrogen-bond acceptors (Lipinski definition) is 3. The van der Waals surface area contributed by atoms with Crippen molar-refractivity contribution in [3.8, 4) is 0 Å². The van der Waals surface area contributed by atoms with E-state index >= 15 is 0 Å². The third-order valence-electron chi connectivity index (χ3n) is 3.20. The Bertz CT molecular complexity index is 402. The third kappa shape index (κ3) is 3.98. The number of amides is 2. The molecule has 2 amide bonds. The molecule has 2 rings (SSSR count). The second kappa shape index (κ2) is 6.33. The summed E-state index contributed by atoms with van der Waals surface area (Å²) in [7, 11) is 0. The average molecular weight is 248 g/mol. The highest BCUT2D eigenvalue weighted by molar-refractivity contribution is 5.74. The molecule has 1 aliphatic rings. The fraction of sp³-hybridized carbons (Fsp3) is 0.615. The molecule has 1 fully saturated rings. The summed E-state index contributed by atoms with van der Waals surface area (Å²) in [5.74, 6) is 0.724. The Morgan fingerprint density at radius 1 is 1.39 bits per heavy atom. The van der Waals surface area contributed by atoms with Crippen molar-refractivity contribution >= 4 is 6.03 Å². The average Bonchev–Trinajstić information content (AvgIpc) is 2.38. The van der Waals surface area contributed by atoms with Crippen LogP contribution in [0, 0.1) is 6.92 Å². The summed E-state index contributed by atoms with van der Waals surface area (Å²) in [6.45, 7) is 2.29. The minimum atomic E-state index is -0.0989. The molecule has 0 radical (unpaired) electrons. The molecule has 1 aromatic rings. The standard InChI is InChI=1S/C13H20N4O/c1-10-14-8-7-12(16-10)9-15-13(18)17-11-5-3-2-4-6-11/h7-8,11H,2-6,9H2,1H3,(H2,15,17,18). The fourth-order valence-electron chi connectivity index (χ4n) is 2.26. The van der Waals surface area contributed by atoms with E-state index in [4.69, 9.17) is 0 Å². The highest BCUT2D eigenvalue weighted by Gasteiger charge is 2.15. The Kier molecular flexibility index (Phi) is 4.50. The van der Waals surface area contributed by atoms with Gasteiger partial charge in [-0.1, -0.05) is 19.3 Å². The van der Waals surface area contributed by atoms with Crippen molar-refractivity contribution in [1.82, 2.24) is 20.6 Å². The Morgan fingerprint density at radius 3 is 2.89 bits per heavy atom. The van der Waals surface area contributed by atoms with Crippen LogP contribution >= 0.6 is 0 Å². The molecule has 0 bridgehead atoms. The molecule has 5 nitrogen and oxygen atoms in total. The van der Waals surface area contributed by atoms with Crippen molar-refractivity contribution in [2.45, 2.75) is 51.6 Å². The highest BCUT2D eigenvalue weighted by Crippen LogP contribution is 2.17. The number of aryl methyl sites for hydroxylation is 1. The van der Waals surface area contributed by atoms with Crippen LogP contribution in [0.3, 0.4) is 0 Å². The lowest BCUT2D eigenvalue weighted by molar-refractivity contribution is 0.232. The molecule has 0 aromatic carbocycles. The zero-order valence-electron chi connectivity index (χ0n) is 10.8. The van der Waals surface area contributed by atoms with Crippen LogP contribution in [0.5, 0.6) is 0 Å². The molecule has 0 atom stereocenters. The van der Waals surface area contributed by atoms with Crippen LogP contribution in [0.4, 0.5) is 4.79 Å². The monoisotopic (exact) mass is 248 g/mol. The van der Waals surface area contributed by atoms with Crippen LogP contribution in [0.1, 0.15) is 43.6 Å². The molecule has 2 N–H and O–H groups in total. The summed E-state index contributed by atoms with van der Waals surface area (Å²) in [4.78, 5) is 20.0. The van der Waals surface area contributed by atoms with Gasteiger partial charge >= 0.3 is 6.03 Å². The van der Waals surface area contributed by atoms with Gasteiger partial charge in [0.1, 0.15) is 5.82 Å². The highest BCUT2D eigenvalue weighted by atomic mass is 16.2. The van der Waals surface area contributed by atoms with Crippen LogP contribution < -0.4 is 10.6 Å². The first-order valence-electron chi connectivity index (χ1n) is 6.57. The number of rotatable bonds is 3. The lowest BCUT2D eigenvalue weighted by Crippen LogP contribution is -2.42. The maximum absolute atomic E-state index is 11.7. The van der Waals surface area contributed by atoms with Crippen LogP contribution in [0.15, 0.2) is 12.3 Å². The van der Waals surface area contributed by atoms with E-state index in [1.54, 1.807) is 6.20 Å². The molecule has 5 heteroatoms. The van der Waals surface area contributed by atoms with Gasteiger partial charge < -0.3 is 10.6 Å². The molecule has 1 aliphatic carbocycles. The van der Waals surface area contributed by atoms with Crippen molar-refractivity contribution in [2.24, 2.45) is 0 Å². The van der Waals surface area contributed by atoms with Crippen molar-refractivity contribution < 1.29 is 4.79 Å². The minimum absolute atomic E-state index is 0.0989. The lowest BCUT2D eigenvalue weighted by Gasteiger charge is -2.22. The maximum atomic E-state index is 11.7. The SMILES string of the molecule is Cc1nccc(CNC(=O)NC2CCCCC2)n1. The molecule has 98 valence electrons. The summed E-state index contributed by atoms with van der Waals surface area (Å²) in [6.07, 6.45) is 7.63. The number of hydrogen-bond donors (Lipinski definition) is 2. The Hall–Kier alpha value is -1.65. The van der Waals surface area contributed by atoms with Crippen LogP contribution in [0.25, 0.3) is 0 Å². The van der Waals surface area contributed by atoms with Gasteiger partial charge in [-0.15, -0.1) is 0 Å². The summed E-state index contributed by atoms with van der Waals surface area (Å²) in [5, 5.41) is 5.84. The predicted molar refractivity (Wildman–Crippen MR) is 69.0 cm³/mol. The molecule has 0 aliphatic heterocycles. The predicted octanol–water partition coefficient (Wildman–Crippen LogP) is 1.92. The second-order valence-corrected chi connectivity index (χ2v) is 4.76. The summed E-state index contributed by atoms with van der Waals surface area (Å²) >= 11 is 0. The summed E-state index contributed by atoms with van der Waals surface area (Å²) in [5.41, 5.74) is 0.835. The molecule has 0 saturated heterocycles. The topological polar surface area (TPSA) is 66.9 Å². The largest absolute Gasteiger partial charge is 0.335 e. The lowest BCUT2D eigenvalue weighted by atomic mass is 9.96. The van der Waals surface area contributed by atoms with Gasteiger partial charge in [0.15, 0.2) is 0 Å². The van der Waals surface area contributed by atoms with Gasteiger partial charge in [0, 0.05) is 12.2 Å². The van der Waals surface area contributed by atoms with E-state index in [1.165, 1.54) is 19.3 Å². The normalized spacial score (nSPS) is 16.3. The van der Waals surface area contributed by atoms with Crippen molar-refractivity contribution in [3.63, 3.8) is 0 Å². The van der Waals surface area contributed by atoms with Crippen molar-refractivity contribution in [1.29, 1.82) is 0 Å². The van der Waals surface area contributed by atoms with Gasteiger partial charge in [0.05, 0.1) is 12.2 Å². The number of urea groups is 1. The molecular formula is C13H20N4O. The molecule has 1 saturated carbocycles. The second-order valence-electron chi connectivity index (χ2n) is 4.76. The molecule has 0 unspecified atom stereocenters. The zero-order valence-corrected chi connectivity index (χ0v) is 10.8. The van der Waals surface area contributed by atoms with Crippen molar-refractivity contribution in [3.05, 3.63) is 23.8 Å². The van der Waals surface area contributed by atoms with E-state index in [9.17, 15) is 4.79 Å². The maximum Gasteiger partial charge on any atom is 0.315 e. The number of carbonyl (C=O) groups excluding carboxylic acids is 1. The Morgan fingerprint density at radius 2 is 2.17 bits per heavy atom. The van der Waals surface area contributed by atoms with Gasteiger partial charge in [0.2, 0.25) is 0 Å². The number of aromatic nitrogens is 2. The van der Waals surface area contributed by atoms with Crippen LogP contribution in [0.2, 0.25) is 0 Å². The zero-order chi connectivity index (χ0) is 12.8. The molecular weight excluding hydrogens is 228 g/mol. The van der Waals surface area contributed by atoms with Gasteiger partial charge in [-0.25, -0.2) is 14.8 Å². The van der Waals surface area contributed by atoms with E-state index in [2.05, 4.69) is 20.6 Å². The molecule has 0 spiro atoms. The fourth-order valence-corrected chi connectivity index (χ4v) is 2.26. The molecule has 1 aromatic heterocycles. The van der Waals surface area contributed by atoms with E-state index in [1.807, 2.05) is 13.0 Å². The Labute approximate surface area is 107 Å². The first-order valence-corrected chi connectivity index (χ1v) is 6.57. The van der Waals surface area contributed by atoms with E-state index < -0.39 is 0 Å². The Balaban J connectivity index is 1.74. The smallest absolute Gasteiger partial charge is 0.315 e. The van der Waals surface area contributed by atoms with Crippen LogP contribution in [-0.2, 0) is 6.54 Å². The minimum Gasteiger partial charge on any atom is -0.335 e. The summed E-state index contributed by atoms with van der Waals surface area (Å²) < 4.78 is 0. The van der Waals surface area contributed by atoms with Gasteiger partial charge in [0.25, 0.3) is 0 Å². The molecule has 1 heterocycles. The third-order valence-corrected chi connectivity index (χ3v) is 3.20. The summed E-state index contributed by atoms with van der Waals surface area (Å²) in [6, 6.07) is 2.05. The number of nitrogens with zero attached hydrogens (tertiary/aromatic N) is 2. The van der Waals surface area contributed by atoms with Gasteiger partial charge in [-0.2, -0.15) is 0 Å².